The zero-order valence-electron chi connectivity index (χ0n) is 20.0. The zero-order valence-corrected chi connectivity index (χ0v) is 20.0. The molecule has 12 heteroatoms. The van der Waals surface area contributed by atoms with E-state index >= 15 is 0 Å². The predicted molar refractivity (Wildman–Crippen MR) is 136 cm³/mol. The van der Waals surface area contributed by atoms with Crippen LogP contribution < -0.4 is 16.2 Å². The van der Waals surface area contributed by atoms with E-state index in [0.717, 1.165) is 11.1 Å². The summed E-state index contributed by atoms with van der Waals surface area (Å²) in [6.45, 7) is 3.04. The second-order valence-corrected chi connectivity index (χ2v) is 8.18. The van der Waals surface area contributed by atoms with Crippen molar-refractivity contribution in [2.75, 3.05) is 44.8 Å². The van der Waals surface area contributed by atoms with E-state index in [-0.39, 0.29) is 23.9 Å². The number of anilines is 2. The van der Waals surface area contributed by atoms with E-state index in [1.807, 2.05) is 24.3 Å². The summed E-state index contributed by atoms with van der Waals surface area (Å²) >= 11 is 0. The Kier molecular flexibility index (Phi) is 8.42. The summed E-state index contributed by atoms with van der Waals surface area (Å²) in [6.07, 6.45) is 1.70. The van der Waals surface area contributed by atoms with Gasteiger partial charge in [0.05, 0.1) is 30.9 Å². The Morgan fingerprint density at radius 3 is 2.75 bits per heavy atom. The maximum Gasteiger partial charge on any atom is 0.287 e. The average Bonchev–Trinajstić information content (AvgIpc) is 2.91. The van der Waals surface area contributed by atoms with Gasteiger partial charge in [-0.1, -0.05) is 18.2 Å². The number of nitrogens with one attached hydrogen (secondary N) is 3. The molecule has 0 radical (unpaired) electrons. The second-order valence-electron chi connectivity index (χ2n) is 8.18. The Hall–Kier alpha value is -4.03. The van der Waals surface area contributed by atoms with Gasteiger partial charge in [0.2, 0.25) is 5.91 Å². The van der Waals surface area contributed by atoms with Crippen molar-refractivity contribution in [1.82, 2.24) is 25.4 Å². The molecule has 1 aliphatic rings. The molecule has 2 aromatic heterocycles. The number of benzene rings is 1. The van der Waals surface area contributed by atoms with E-state index in [1.54, 1.807) is 31.1 Å². The number of aromatic nitrogens is 3. The summed E-state index contributed by atoms with van der Waals surface area (Å²) in [5.74, 6) is 0.203. The van der Waals surface area contributed by atoms with Crippen molar-refractivity contribution in [2.24, 2.45) is 0 Å². The highest BCUT2D eigenvalue weighted by atomic mass is 16.5. The third kappa shape index (κ3) is 6.55. The third-order valence-corrected chi connectivity index (χ3v) is 5.59. The molecule has 1 saturated heterocycles. The van der Waals surface area contributed by atoms with E-state index < -0.39 is 5.56 Å². The molecule has 3 aromatic rings. The maximum absolute atomic E-state index is 12.6. The van der Waals surface area contributed by atoms with Gasteiger partial charge in [0.25, 0.3) is 19.5 Å². The van der Waals surface area contributed by atoms with Gasteiger partial charge in [0, 0.05) is 38.0 Å². The van der Waals surface area contributed by atoms with E-state index in [1.165, 1.54) is 6.20 Å². The molecule has 0 bridgehead atoms. The molecule has 3 heterocycles. The fraction of sp³-hybridized carbons (Fsp3) is 0.292. The van der Waals surface area contributed by atoms with E-state index in [2.05, 4.69) is 25.8 Å². The number of morpholine rings is 1. The molecule has 0 saturated carbocycles. The number of carbonyl (C=O) groups is 2. The SMILES string of the molecule is BOCCNC(=O)Cc1cccc(-c2cc(Nc3ccc(C(=O)N4CCOCC4)cn3)c(=O)[nH]n2)c1. The van der Waals surface area contributed by atoms with Crippen LogP contribution >= 0.6 is 0 Å². The lowest BCUT2D eigenvalue weighted by molar-refractivity contribution is -0.120. The van der Waals surface area contributed by atoms with Crippen LogP contribution in [-0.2, 0) is 20.6 Å². The standard InChI is InChI=1S/C24H27BN6O5/c25-36-9-6-26-22(32)13-16-2-1-3-17(12-16)19-14-20(23(33)30-29-19)28-21-5-4-18(15-27-21)24(34)31-7-10-35-11-8-31/h1-5,12,14-15H,6-11,13,25H2,(H,26,32)(H,30,33)(H,27,28,29). The number of aromatic amines is 1. The summed E-state index contributed by atoms with van der Waals surface area (Å²) in [5, 5.41) is 12.4. The Morgan fingerprint density at radius 1 is 1.17 bits per heavy atom. The lowest BCUT2D eigenvalue weighted by atomic mass is 10.1. The van der Waals surface area contributed by atoms with Crippen LogP contribution in [0.15, 0.2) is 53.5 Å². The highest BCUT2D eigenvalue weighted by Gasteiger charge is 2.19. The highest BCUT2D eigenvalue weighted by Crippen LogP contribution is 2.21. The van der Waals surface area contributed by atoms with Gasteiger partial charge in [-0.15, -0.1) is 0 Å². The molecule has 1 fully saturated rings. The van der Waals surface area contributed by atoms with Crippen LogP contribution in [0.2, 0.25) is 0 Å². The largest absolute Gasteiger partial charge is 0.442 e. The van der Waals surface area contributed by atoms with Gasteiger partial charge in [-0.25, -0.2) is 10.1 Å². The molecular formula is C24H27BN6O5. The van der Waals surface area contributed by atoms with Crippen molar-refractivity contribution in [3.8, 4) is 11.3 Å². The van der Waals surface area contributed by atoms with Gasteiger partial charge in [0.1, 0.15) is 11.5 Å². The first-order valence-corrected chi connectivity index (χ1v) is 11.6. The van der Waals surface area contributed by atoms with Crippen LogP contribution in [0.1, 0.15) is 15.9 Å². The van der Waals surface area contributed by atoms with Crippen molar-refractivity contribution < 1.29 is 19.0 Å². The third-order valence-electron chi connectivity index (χ3n) is 5.59. The summed E-state index contributed by atoms with van der Waals surface area (Å²) in [4.78, 5) is 43.1. The fourth-order valence-electron chi connectivity index (χ4n) is 3.71. The summed E-state index contributed by atoms with van der Waals surface area (Å²) in [6, 6.07) is 12.3. The minimum atomic E-state index is -0.414. The minimum Gasteiger partial charge on any atom is -0.442 e. The highest BCUT2D eigenvalue weighted by molar-refractivity contribution is 5.98. The predicted octanol–water partition coefficient (Wildman–Crippen LogP) is 0.271. The van der Waals surface area contributed by atoms with Crippen molar-refractivity contribution in [2.45, 2.75) is 6.42 Å². The molecule has 0 unspecified atom stereocenters. The molecule has 4 rings (SSSR count). The first kappa shape index (κ1) is 25.1. The van der Waals surface area contributed by atoms with Crippen molar-refractivity contribution >= 4 is 31.4 Å². The number of amides is 2. The van der Waals surface area contributed by atoms with E-state index in [4.69, 9.17) is 9.39 Å². The molecular weight excluding hydrogens is 463 g/mol. The number of rotatable bonds is 9. The van der Waals surface area contributed by atoms with Crippen LogP contribution in [0.3, 0.4) is 0 Å². The van der Waals surface area contributed by atoms with Crippen LogP contribution in [0.25, 0.3) is 11.3 Å². The molecule has 186 valence electrons. The fourth-order valence-corrected chi connectivity index (χ4v) is 3.71. The Balaban J connectivity index is 1.45. The number of hydrogen-bond donors (Lipinski definition) is 3. The minimum absolute atomic E-state index is 0.103. The molecule has 1 aromatic carbocycles. The molecule has 1 aliphatic heterocycles. The number of pyridine rings is 1. The zero-order chi connectivity index (χ0) is 25.3. The normalized spacial score (nSPS) is 13.3. The first-order valence-electron chi connectivity index (χ1n) is 11.6. The van der Waals surface area contributed by atoms with Gasteiger partial charge in [-0.05, 0) is 29.8 Å². The number of carbonyl (C=O) groups excluding carboxylic acids is 2. The Morgan fingerprint density at radius 2 is 2.00 bits per heavy atom. The second kappa shape index (κ2) is 12.1. The van der Waals surface area contributed by atoms with Crippen molar-refractivity contribution in [1.29, 1.82) is 0 Å². The van der Waals surface area contributed by atoms with Crippen LogP contribution in [-0.4, -0.2) is 79.4 Å². The molecule has 3 N–H and O–H groups in total. The summed E-state index contributed by atoms with van der Waals surface area (Å²) in [7, 11) is 1.58. The molecule has 0 atom stereocenters. The van der Waals surface area contributed by atoms with Gasteiger partial charge in [0.15, 0.2) is 0 Å². The average molecular weight is 490 g/mol. The van der Waals surface area contributed by atoms with Crippen LogP contribution in [0.4, 0.5) is 11.5 Å². The quantitative estimate of drug-likeness (QED) is 0.287. The number of H-pyrrole nitrogens is 1. The number of hydrogen-bond acceptors (Lipinski definition) is 8. The van der Waals surface area contributed by atoms with Gasteiger partial charge >= 0.3 is 0 Å². The lowest BCUT2D eigenvalue weighted by Gasteiger charge is -2.26. The Labute approximate surface area is 208 Å². The van der Waals surface area contributed by atoms with Gasteiger partial charge in [-0.2, -0.15) is 5.10 Å². The lowest BCUT2D eigenvalue weighted by Crippen LogP contribution is -2.40. The molecule has 0 aliphatic carbocycles. The number of ether oxygens (including phenoxy) is 1. The molecule has 0 spiro atoms. The van der Waals surface area contributed by atoms with E-state index in [0.29, 0.717) is 56.5 Å². The summed E-state index contributed by atoms with van der Waals surface area (Å²) in [5.41, 5.74) is 2.39. The molecule has 36 heavy (non-hydrogen) atoms. The van der Waals surface area contributed by atoms with Crippen LogP contribution in [0, 0.1) is 0 Å². The van der Waals surface area contributed by atoms with Crippen LogP contribution in [0.5, 0.6) is 0 Å². The molecule has 2 amide bonds. The maximum atomic E-state index is 12.6. The van der Waals surface area contributed by atoms with Gasteiger partial charge < -0.3 is 24.9 Å². The topological polar surface area (TPSA) is 139 Å². The Bertz CT molecular complexity index is 1260. The molecule has 11 nitrogen and oxygen atoms in total. The van der Waals surface area contributed by atoms with E-state index in [9.17, 15) is 14.4 Å². The number of nitrogens with zero attached hydrogens (tertiary/aromatic N) is 3. The summed E-state index contributed by atoms with van der Waals surface area (Å²) < 4.78 is 10.2. The van der Waals surface area contributed by atoms with Crippen molar-refractivity contribution in [3.63, 3.8) is 0 Å². The van der Waals surface area contributed by atoms with Crippen molar-refractivity contribution in [3.05, 3.63) is 70.1 Å². The first-order chi connectivity index (χ1) is 17.5. The smallest absolute Gasteiger partial charge is 0.287 e. The monoisotopic (exact) mass is 490 g/mol. The van der Waals surface area contributed by atoms with Gasteiger partial charge in [-0.3, -0.25) is 14.4 Å².